The van der Waals surface area contributed by atoms with Gasteiger partial charge in [0.15, 0.2) is 0 Å². The van der Waals surface area contributed by atoms with Crippen molar-refractivity contribution in [3.63, 3.8) is 0 Å². The number of ether oxygens (including phenoxy) is 1. The third-order valence-corrected chi connectivity index (χ3v) is 3.71. The maximum atomic E-state index is 6.12. The number of nitrogens with one attached hydrogen (secondary N) is 1. The van der Waals surface area contributed by atoms with E-state index in [2.05, 4.69) is 15.2 Å². The van der Waals surface area contributed by atoms with Crippen LogP contribution in [0.15, 0.2) is 36.7 Å². The number of hydrogen-bond acceptors (Lipinski definition) is 4. The van der Waals surface area contributed by atoms with Gasteiger partial charge in [-0.3, -0.25) is 10.1 Å². The van der Waals surface area contributed by atoms with Crippen molar-refractivity contribution in [2.75, 3.05) is 0 Å². The van der Waals surface area contributed by atoms with E-state index >= 15 is 0 Å². The van der Waals surface area contributed by atoms with E-state index in [0.717, 1.165) is 33.5 Å². The molecule has 0 spiro atoms. The summed E-state index contributed by atoms with van der Waals surface area (Å²) in [6, 6.07) is 8.00. The van der Waals surface area contributed by atoms with E-state index in [4.69, 9.17) is 10.5 Å². The second-order valence-electron chi connectivity index (χ2n) is 6.59. The van der Waals surface area contributed by atoms with Crippen LogP contribution in [0.4, 0.5) is 0 Å². The second kappa shape index (κ2) is 9.42. The van der Waals surface area contributed by atoms with Crippen molar-refractivity contribution in [1.82, 2.24) is 15.2 Å². The summed E-state index contributed by atoms with van der Waals surface area (Å²) in [5, 5.41) is 8.04. The van der Waals surface area contributed by atoms with Crippen molar-refractivity contribution in [3.8, 4) is 17.0 Å². The second-order valence-corrected chi connectivity index (χ2v) is 6.59. The lowest BCUT2D eigenvalue weighted by molar-refractivity contribution is 0.246. The highest BCUT2D eigenvalue weighted by molar-refractivity contribution is 5.92. The molecule has 0 amide bonds. The number of aromatic nitrogens is 3. The van der Waals surface area contributed by atoms with Crippen LogP contribution >= 0.6 is 37.2 Å². The molecule has 0 radical (unpaired) electrons. The summed E-state index contributed by atoms with van der Waals surface area (Å²) < 4.78 is 6.04. The van der Waals surface area contributed by atoms with Crippen molar-refractivity contribution in [2.24, 2.45) is 5.73 Å². The highest BCUT2D eigenvalue weighted by Crippen LogP contribution is 2.36. The number of hydrogen-bond donors (Lipinski definition) is 2. The molecule has 0 saturated carbocycles. The molecular formula is C18H25Cl3N4O. The van der Waals surface area contributed by atoms with E-state index in [1.54, 1.807) is 6.20 Å². The normalized spacial score (nSPS) is 10.7. The van der Waals surface area contributed by atoms with E-state index in [0.29, 0.717) is 0 Å². The Morgan fingerprint density at radius 3 is 2.27 bits per heavy atom. The van der Waals surface area contributed by atoms with Crippen LogP contribution < -0.4 is 10.5 Å². The zero-order chi connectivity index (χ0) is 16.6. The molecule has 5 nitrogen and oxygen atoms in total. The Bertz CT molecular complexity index is 827. The van der Waals surface area contributed by atoms with Crippen LogP contribution in [0.3, 0.4) is 0 Å². The lowest BCUT2D eigenvalue weighted by atomic mass is 9.96. The Kier molecular flexibility index (Phi) is 8.86. The molecular weight excluding hydrogens is 395 g/mol. The van der Waals surface area contributed by atoms with Gasteiger partial charge in [0, 0.05) is 17.3 Å². The van der Waals surface area contributed by atoms with Crippen LogP contribution in [0.25, 0.3) is 22.2 Å². The van der Waals surface area contributed by atoms with Crippen LogP contribution in [-0.4, -0.2) is 21.3 Å². The smallest absolute Gasteiger partial charge is 0.140 e. The number of pyridine rings is 1. The Morgan fingerprint density at radius 1 is 1.04 bits per heavy atom. The molecule has 0 bridgehead atoms. The number of nitrogens with two attached hydrogens (primary N) is 1. The fraction of sp³-hybridized carbons (Fsp3) is 0.333. The van der Waals surface area contributed by atoms with Crippen molar-refractivity contribution in [3.05, 3.63) is 42.2 Å². The van der Waals surface area contributed by atoms with E-state index < -0.39 is 5.54 Å². The van der Waals surface area contributed by atoms with Crippen LogP contribution in [0.1, 0.15) is 33.3 Å². The molecule has 26 heavy (non-hydrogen) atoms. The summed E-state index contributed by atoms with van der Waals surface area (Å²) in [7, 11) is 0. The minimum atomic E-state index is -0.405. The monoisotopic (exact) mass is 418 g/mol. The highest BCUT2D eigenvalue weighted by Gasteiger charge is 2.17. The molecule has 2 aromatic heterocycles. The largest absolute Gasteiger partial charge is 0.490 e. The third-order valence-electron chi connectivity index (χ3n) is 3.71. The number of benzene rings is 1. The maximum absolute atomic E-state index is 6.12. The van der Waals surface area contributed by atoms with Gasteiger partial charge in [-0.2, -0.15) is 5.10 Å². The predicted molar refractivity (Wildman–Crippen MR) is 114 cm³/mol. The number of nitrogens with zero attached hydrogens (tertiary/aromatic N) is 2. The molecule has 0 atom stereocenters. The number of halogens is 3. The molecule has 0 aliphatic carbocycles. The van der Waals surface area contributed by atoms with Gasteiger partial charge in [-0.1, -0.05) is 6.07 Å². The summed E-state index contributed by atoms with van der Waals surface area (Å²) in [6.45, 7) is 7.95. The fourth-order valence-electron chi connectivity index (χ4n) is 2.49. The molecule has 3 N–H and O–H groups in total. The van der Waals surface area contributed by atoms with E-state index in [1.165, 1.54) is 0 Å². The van der Waals surface area contributed by atoms with Gasteiger partial charge in [0.25, 0.3) is 0 Å². The van der Waals surface area contributed by atoms with Crippen molar-refractivity contribution in [2.45, 2.75) is 39.3 Å². The van der Waals surface area contributed by atoms with Gasteiger partial charge >= 0.3 is 0 Å². The quantitative estimate of drug-likeness (QED) is 0.632. The molecule has 0 aliphatic rings. The average molecular weight is 420 g/mol. The first-order valence-electron chi connectivity index (χ1n) is 7.75. The summed E-state index contributed by atoms with van der Waals surface area (Å²) in [5.74, 6) is 0.804. The lowest BCUT2D eigenvalue weighted by Crippen LogP contribution is -2.28. The fourth-order valence-corrected chi connectivity index (χ4v) is 2.49. The van der Waals surface area contributed by atoms with Crippen LogP contribution in [0, 0.1) is 0 Å². The number of aromatic amines is 1. The predicted octanol–water partition coefficient (Wildman–Crippen LogP) is 4.87. The highest BCUT2D eigenvalue weighted by atomic mass is 35.5. The molecule has 0 aliphatic heterocycles. The van der Waals surface area contributed by atoms with Gasteiger partial charge in [-0.05, 0) is 51.5 Å². The molecule has 3 rings (SSSR count). The first kappa shape index (κ1) is 24.5. The summed E-state index contributed by atoms with van der Waals surface area (Å²) in [5.41, 5.74) is 9.48. The van der Waals surface area contributed by atoms with Crippen LogP contribution in [-0.2, 0) is 5.54 Å². The molecule has 1 aromatic carbocycles. The average Bonchev–Trinajstić information content (AvgIpc) is 2.95. The first-order valence-corrected chi connectivity index (χ1v) is 7.75. The maximum Gasteiger partial charge on any atom is 0.140 e. The van der Waals surface area contributed by atoms with Gasteiger partial charge in [0.05, 0.1) is 28.9 Å². The number of rotatable bonds is 4. The Hall–Kier alpha value is -1.53. The Labute approximate surface area is 172 Å². The lowest BCUT2D eigenvalue weighted by Gasteiger charge is -2.19. The van der Waals surface area contributed by atoms with Gasteiger partial charge in [0.1, 0.15) is 5.75 Å². The minimum Gasteiger partial charge on any atom is -0.490 e. The molecule has 8 heteroatoms. The first-order chi connectivity index (χ1) is 10.9. The van der Waals surface area contributed by atoms with Crippen molar-refractivity contribution in [1.29, 1.82) is 0 Å². The van der Waals surface area contributed by atoms with Gasteiger partial charge in [-0.25, -0.2) is 0 Å². The van der Waals surface area contributed by atoms with Gasteiger partial charge in [0.2, 0.25) is 0 Å². The van der Waals surface area contributed by atoms with Crippen LogP contribution in [0.2, 0.25) is 0 Å². The molecule has 3 aromatic rings. The summed E-state index contributed by atoms with van der Waals surface area (Å²) in [4.78, 5) is 4.58. The standard InChI is InChI=1S/C18H22N4O.3ClH/c1-11(2)23-17-13(6-8-16-14(17)10-21-22-16)15-7-5-12(9-20-15)18(3,4)19;;;/h5-11H,19H2,1-4H3,(H,21,22);3*1H. The van der Waals surface area contributed by atoms with E-state index in [1.807, 2.05) is 58.2 Å². The molecule has 0 fully saturated rings. The van der Waals surface area contributed by atoms with Crippen molar-refractivity contribution >= 4 is 48.1 Å². The molecule has 0 unspecified atom stereocenters. The summed E-state index contributed by atoms with van der Waals surface area (Å²) in [6.07, 6.45) is 3.68. The number of H-pyrrole nitrogens is 1. The number of fused-ring (bicyclic) bond motifs is 1. The van der Waals surface area contributed by atoms with Crippen molar-refractivity contribution < 1.29 is 4.74 Å². The Balaban J connectivity index is 0.00000208. The summed E-state index contributed by atoms with van der Waals surface area (Å²) >= 11 is 0. The molecule has 2 heterocycles. The van der Waals surface area contributed by atoms with Gasteiger partial charge in [-0.15, -0.1) is 37.2 Å². The SMILES string of the molecule is CC(C)Oc1c(-c2ccc(C(C)(C)N)cn2)ccc2[nH]ncc12.Cl.Cl.Cl. The minimum absolute atomic E-state index is 0. The van der Waals surface area contributed by atoms with E-state index in [-0.39, 0.29) is 43.3 Å². The van der Waals surface area contributed by atoms with Gasteiger partial charge < -0.3 is 10.5 Å². The van der Waals surface area contributed by atoms with E-state index in [9.17, 15) is 0 Å². The third kappa shape index (κ3) is 5.01. The zero-order valence-corrected chi connectivity index (χ0v) is 17.6. The Morgan fingerprint density at radius 2 is 1.73 bits per heavy atom. The topological polar surface area (TPSA) is 76.8 Å². The zero-order valence-electron chi connectivity index (χ0n) is 15.1. The molecule has 144 valence electrons. The molecule has 0 saturated heterocycles. The van der Waals surface area contributed by atoms with Crippen LogP contribution in [0.5, 0.6) is 5.75 Å².